The topological polar surface area (TPSA) is 167 Å². The van der Waals surface area contributed by atoms with Crippen molar-refractivity contribution in [2.24, 2.45) is 5.10 Å². The fraction of sp³-hybridized carbons (Fsp3) is 0. The van der Waals surface area contributed by atoms with E-state index in [2.05, 4.69) is 10.5 Å². The van der Waals surface area contributed by atoms with Gasteiger partial charge in [0.1, 0.15) is 10.6 Å². The van der Waals surface area contributed by atoms with Crippen LogP contribution in [-0.4, -0.2) is 21.0 Å². The molecular formula is C11H7N5O7. The monoisotopic (exact) mass is 321 g/mol. The van der Waals surface area contributed by atoms with E-state index < -0.39 is 32.0 Å². The Morgan fingerprint density at radius 3 is 2.30 bits per heavy atom. The Hall–Kier alpha value is -3.83. The highest BCUT2D eigenvalue weighted by Gasteiger charge is 2.19. The molecular weight excluding hydrogens is 314 g/mol. The minimum Gasteiger partial charge on any atom is -0.400 e. The van der Waals surface area contributed by atoms with Gasteiger partial charge in [0, 0.05) is 6.07 Å². The van der Waals surface area contributed by atoms with E-state index >= 15 is 0 Å². The van der Waals surface area contributed by atoms with Crippen LogP contribution >= 0.6 is 0 Å². The normalized spacial score (nSPS) is 10.6. The number of nitro groups is 3. The van der Waals surface area contributed by atoms with Crippen LogP contribution in [0.5, 0.6) is 0 Å². The van der Waals surface area contributed by atoms with E-state index in [9.17, 15) is 30.3 Å². The van der Waals surface area contributed by atoms with Crippen molar-refractivity contribution < 1.29 is 19.2 Å². The Labute approximate surface area is 126 Å². The Bertz CT molecular complexity index is 813. The standard InChI is InChI=1S/C11H7N5O7/c17-14(18)7-1-3-9(10(5-7)15(19)20)13-12-6-8-2-4-11(23-8)16(21)22/h1-6,13H/b12-6+. The number of nitrogens with one attached hydrogen (secondary N) is 1. The molecule has 0 aliphatic rings. The van der Waals surface area contributed by atoms with Crippen molar-refractivity contribution in [3.05, 3.63) is 66.4 Å². The molecule has 0 aliphatic carbocycles. The third-order valence-electron chi connectivity index (χ3n) is 2.56. The van der Waals surface area contributed by atoms with Crippen molar-refractivity contribution >= 4 is 29.2 Å². The first-order valence-corrected chi connectivity index (χ1v) is 5.84. The van der Waals surface area contributed by atoms with Gasteiger partial charge in [-0.1, -0.05) is 0 Å². The molecule has 1 N–H and O–H groups in total. The molecule has 0 amide bonds. The number of nitro benzene ring substituents is 2. The van der Waals surface area contributed by atoms with Crippen molar-refractivity contribution in [1.29, 1.82) is 0 Å². The van der Waals surface area contributed by atoms with Gasteiger partial charge in [0.05, 0.1) is 28.2 Å². The second-order valence-electron chi connectivity index (χ2n) is 4.02. The van der Waals surface area contributed by atoms with Gasteiger partial charge in [-0.2, -0.15) is 5.10 Å². The lowest BCUT2D eigenvalue weighted by Crippen LogP contribution is -1.98. The number of furan rings is 1. The number of benzene rings is 1. The molecule has 0 spiro atoms. The summed E-state index contributed by atoms with van der Waals surface area (Å²) in [7, 11) is 0. The van der Waals surface area contributed by atoms with Crippen LogP contribution in [0.25, 0.3) is 0 Å². The number of anilines is 1. The van der Waals surface area contributed by atoms with E-state index in [-0.39, 0.29) is 11.4 Å². The molecule has 2 aromatic rings. The van der Waals surface area contributed by atoms with E-state index in [0.717, 1.165) is 30.5 Å². The average molecular weight is 321 g/mol. The Balaban J connectivity index is 2.18. The van der Waals surface area contributed by atoms with Crippen LogP contribution in [0, 0.1) is 30.3 Å². The van der Waals surface area contributed by atoms with Gasteiger partial charge in [-0.05, 0) is 12.1 Å². The van der Waals surface area contributed by atoms with Gasteiger partial charge >= 0.3 is 11.6 Å². The lowest BCUT2D eigenvalue weighted by atomic mass is 10.2. The zero-order chi connectivity index (χ0) is 17.0. The first kappa shape index (κ1) is 15.6. The quantitative estimate of drug-likeness (QED) is 0.480. The minimum atomic E-state index is -0.803. The maximum Gasteiger partial charge on any atom is 0.433 e. The summed E-state index contributed by atoms with van der Waals surface area (Å²) in [4.78, 5) is 29.7. The van der Waals surface area contributed by atoms with Gasteiger partial charge < -0.3 is 4.42 Å². The summed E-state index contributed by atoms with van der Waals surface area (Å²) in [6.07, 6.45) is 1.07. The van der Waals surface area contributed by atoms with Crippen LogP contribution in [0.3, 0.4) is 0 Å². The molecule has 1 heterocycles. The molecule has 0 fully saturated rings. The van der Waals surface area contributed by atoms with Crippen molar-refractivity contribution in [3.8, 4) is 0 Å². The summed E-state index contributed by atoms with van der Waals surface area (Å²) in [5.41, 5.74) is 1.26. The van der Waals surface area contributed by atoms with Gasteiger partial charge in [-0.15, -0.1) is 0 Å². The van der Waals surface area contributed by atoms with E-state index in [1.807, 2.05) is 0 Å². The molecule has 0 unspecified atom stereocenters. The van der Waals surface area contributed by atoms with Crippen molar-refractivity contribution in [1.82, 2.24) is 0 Å². The molecule has 23 heavy (non-hydrogen) atoms. The van der Waals surface area contributed by atoms with Crippen LogP contribution in [0.1, 0.15) is 5.76 Å². The summed E-state index contributed by atoms with van der Waals surface area (Å²) >= 11 is 0. The van der Waals surface area contributed by atoms with E-state index in [1.54, 1.807) is 0 Å². The largest absolute Gasteiger partial charge is 0.433 e. The predicted molar refractivity (Wildman–Crippen MR) is 76.3 cm³/mol. The molecule has 12 heteroatoms. The van der Waals surface area contributed by atoms with Gasteiger partial charge in [-0.3, -0.25) is 35.8 Å². The maximum atomic E-state index is 10.9. The molecule has 1 aromatic carbocycles. The third-order valence-corrected chi connectivity index (χ3v) is 2.56. The molecule has 0 saturated heterocycles. The van der Waals surface area contributed by atoms with E-state index in [1.165, 1.54) is 6.07 Å². The zero-order valence-corrected chi connectivity index (χ0v) is 11.1. The molecule has 118 valence electrons. The fourth-order valence-corrected chi connectivity index (χ4v) is 1.55. The van der Waals surface area contributed by atoms with Crippen LogP contribution < -0.4 is 5.43 Å². The van der Waals surface area contributed by atoms with Gasteiger partial charge in [-0.25, -0.2) is 0 Å². The second-order valence-corrected chi connectivity index (χ2v) is 4.02. The van der Waals surface area contributed by atoms with Crippen LogP contribution in [0.4, 0.5) is 22.9 Å². The highest BCUT2D eigenvalue weighted by atomic mass is 16.7. The molecule has 0 aliphatic heterocycles. The van der Waals surface area contributed by atoms with Gasteiger partial charge in [0.25, 0.3) is 5.69 Å². The SMILES string of the molecule is O=[N+]([O-])c1ccc(N/N=C/c2ccc([N+](=O)[O-])o2)c([N+](=O)[O-])c1. The zero-order valence-electron chi connectivity index (χ0n) is 11.1. The maximum absolute atomic E-state index is 10.9. The highest BCUT2D eigenvalue weighted by Crippen LogP contribution is 2.28. The molecule has 1 aromatic heterocycles. The molecule has 0 bridgehead atoms. The predicted octanol–water partition coefficient (Wildman–Crippen LogP) is 2.45. The van der Waals surface area contributed by atoms with Crippen molar-refractivity contribution in [2.45, 2.75) is 0 Å². The first-order chi connectivity index (χ1) is 10.9. The van der Waals surface area contributed by atoms with Crippen LogP contribution in [-0.2, 0) is 0 Å². The fourth-order valence-electron chi connectivity index (χ4n) is 1.55. The number of hydrogen-bond donors (Lipinski definition) is 1. The number of hydrazone groups is 1. The van der Waals surface area contributed by atoms with E-state index in [0.29, 0.717) is 0 Å². The smallest absolute Gasteiger partial charge is 0.400 e. The summed E-state index contributed by atoms with van der Waals surface area (Å²) in [6, 6.07) is 5.39. The van der Waals surface area contributed by atoms with E-state index in [4.69, 9.17) is 4.42 Å². The summed E-state index contributed by atoms with van der Waals surface area (Å²) in [5, 5.41) is 35.6. The Morgan fingerprint density at radius 2 is 1.74 bits per heavy atom. The summed E-state index contributed by atoms with van der Waals surface area (Å²) in [6.45, 7) is 0. The lowest BCUT2D eigenvalue weighted by molar-refractivity contribution is -0.402. The summed E-state index contributed by atoms with van der Waals surface area (Å²) < 4.78 is 4.80. The van der Waals surface area contributed by atoms with Crippen molar-refractivity contribution in [2.75, 3.05) is 5.43 Å². The molecule has 12 nitrogen and oxygen atoms in total. The molecule has 0 atom stereocenters. The second kappa shape index (κ2) is 6.30. The first-order valence-electron chi connectivity index (χ1n) is 5.84. The third kappa shape index (κ3) is 3.63. The average Bonchev–Trinajstić information content (AvgIpc) is 2.96. The number of hydrogen-bond acceptors (Lipinski definition) is 9. The number of non-ortho nitro benzene ring substituents is 1. The minimum absolute atomic E-state index is 0.0498. The van der Waals surface area contributed by atoms with Crippen LogP contribution in [0.15, 0.2) is 39.9 Å². The van der Waals surface area contributed by atoms with Crippen molar-refractivity contribution in [3.63, 3.8) is 0 Å². The molecule has 2 rings (SSSR count). The molecule has 0 saturated carbocycles. The van der Waals surface area contributed by atoms with Gasteiger partial charge in [0.15, 0.2) is 5.76 Å². The number of nitrogens with zero attached hydrogens (tertiary/aromatic N) is 4. The van der Waals surface area contributed by atoms with Crippen LogP contribution in [0.2, 0.25) is 0 Å². The lowest BCUT2D eigenvalue weighted by Gasteiger charge is -2.01. The highest BCUT2D eigenvalue weighted by molar-refractivity contribution is 5.77. The van der Waals surface area contributed by atoms with Gasteiger partial charge in [0.2, 0.25) is 0 Å². The number of rotatable bonds is 6. The summed E-state index contributed by atoms with van der Waals surface area (Å²) in [5.74, 6) is -0.429. The molecule has 0 radical (unpaired) electrons. The Kier molecular flexibility index (Phi) is 4.26. The Morgan fingerprint density at radius 1 is 1.00 bits per heavy atom.